The summed E-state index contributed by atoms with van der Waals surface area (Å²) in [5.41, 5.74) is 9.98. The molecule has 4 nitrogen and oxygen atoms in total. The van der Waals surface area contributed by atoms with Crippen molar-refractivity contribution in [2.75, 3.05) is 26.2 Å². The van der Waals surface area contributed by atoms with Gasteiger partial charge in [-0.05, 0) is 53.6 Å². The Bertz CT molecular complexity index is 1040. The Kier molecular flexibility index (Phi) is 5.71. The maximum absolute atomic E-state index is 13.2. The number of hydrogen-bond donors (Lipinski definition) is 1. The van der Waals surface area contributed by atoms with Crippen molar-refractivity contribution in [2.24, 2.45) is 11.7 Å². The van der Waals surface area contributed by atoms with Gasteiger partial charge in [0, 0.05) is 19.5 Å². The first-order valence-electron chi connectivity index (χ1n) is 11.6. The highest BCUT2D eigenvalue weighted by atomic mass is 16.5. The lowest BCUT2D eigenvalue weighted by Gasteiger charge is -2.37. The molecular weight excluding hydrogens is 396 g/mol. The van der Waals surface area contributed by atoms with Crippen LogP contribution in [0.25, 0.3) is 0 Å². The number of carbonyl (C=O) groups is 1. The molecule has 164 valence electrons. The van der Waals surface area contributed by atoms with Crippen LogP contribution in [0.4, 0.5) is 0 Å². The van der Waals surface area contributed by atoms with Gasteiger partial charge in [0.1, 0.15) is 11.2 Å². The molecule has 5 rings (SSSR count). The summed E-state index contributed by atoms with van der Waals surface area (Å²) in [6, 6.07) is 26.8. The zero-order valence-corrected chi connectivity index (χ0v) is 18.4. The molecule has 32 heavy (non-hydrogen) atoms. The van der Waals surface area contributed by atoms with Gasteiger partial charge < -0.3 is 15.4 Å². The molecule has 2 heterocycles. The van der Waals surface area contributed by atoms with Crippen molar-refractivity contribution in [3.8, 4) is 5.75 Å². The molecule has 2 aliphatic rings. The van der Waals surface area contributed by atoms with Gasteiger partial charge in [-0.25, -0.2) is 0 Å². The number of nitrogens with zero attached hydrogens (tertiary/aromatic N) is 1. The molecular formula is C28H30N2O2. The molecule has 4 heteroatoms. The largest absolute Gasteiger partial charge is 0.493 e. The molecule has 0 aromatic heterocycles. The van der Waals surface area contributed by atoms with Crippen LogP contribution in [0.2, 0.25) is 0 Å². The van der Waals surface area contributed by atoms with Crippen molar-refractivity contribution in [1.82, 2.24) is 4.90 Å². The van der Waals surface area contributed by atoms with Crippen molar-refractivity contribution in [3.05, 3.63) is 101 Å². The molecule has 1 fully saturated rings. The van der Waals surface area contributed by atoms with Gasteiger partial charge in [-0.3, -0.25) is 4.79 Å². The average Bonchev–Trinajstić information content (AvgIpc) is 3.49. The number of likely N-dealkylation sites (tertiary alicyclic amines) is 1. The van der Waals surface area contributed by atoms with Crippen molar-refractivity contribution in [3.63, 3.8) is 0 Å². The average molecular weight is 427 g/mol. The topological polar surface area (TPSA) is 55.6 Å². The van der Waals surface area contributed by atoms with E-state index in [-0.39, 0.29) is 11.8 Å². The predicted octanol–water partition coefficient (Wildman–Crippen LogP) is 3.96. The Labute approximate surface area is 190 Å². The molecule has 2 N–H and O–H groups in total. The lowest BCUT2D eigenvalue weighted by atomic mass is 9.64. The number of carbonyl (C=O) groups excluding carboxylic acids is 1. The molecule has 0 spiro atoms. The van der Waals surface area contributed by atoms with Crippen LogP contribution in [0.3, 0.4) is 0 Å². The van der Waals surface area contributed by atoms with Crippen LogP contribution in [-0.4, -0.2) is 37.0 Å². The molecule has 1 saturated heterocycles. The highest BCUT2D eigenvalue weighted by Crippen LogP contribution is 2.43. The quantitative estimate of drug-likeness (QED) is 0.622. The van der Waals surface area contributed by atoms with Crippen molar-refractivity contribution < 1.29 is 9.53 Å². The van der Waals surface area contributed by atoms with Gasteiger partial charge in [-0.1, -0.05) is 72.8 Å². The van der Waals surface area contributed by atoms with Gasteiger partial charge in [-0.15, -0.1) is 0 Å². The monoisotopic (exact) mass is 426 g/mol. The fraction of sp³-hybridized carbons (Fsp3) is 0.321. The summed E-state index contributed by atoms with van der Waals surface area (Å²) in [5.74, 6) is 0.911. The number of fused-ring (bicyclic) bond motifs is 1. The summed E-state index contributed by atoms with van der Waals surface area (Å²) in [6.45, 7) is 3.59. The summed E-state index contributed by atoms with van der Waals surface area (Å²) < 4.78 is 5.73. The lowest BCUT2D eigenvalue weighted by Crippen LogP contribution is -2.49. The highest BCUT2D eigenvalue weighted by molar-refractivity contribution is 5.91. The van der Waals surface area contributed by atoms with Gasteiger partial charge in [-0.2, -0.15) is 0 Å². The van der Waals surface area contributed by atoms with E-state index in [0.717, 1.165) is 62.4 Å². The van der Waals surface area contributed by atoms with E-state index in [2.05, 4.69) is 23.1 Å². The number of amides is 1. The molecule has 0 radical (unpaired) electrons. The van der Waals surface area contributed by atoms with E-state index in [0.29, 0.717) is 0 Å². The van der Waals surface area contributed by atoms with Gasteiger partial charge in [0.25, 0.3) is 0 Å². The van der Waals surface area contributed by atoms with Crippen LogP contribution in [-0.2, 0) is 23.1 Å². The number of rotatable bonds is 7. The fourth-order valence-corrected chi connectivity index (χ4v) is 5.57. The summed E-state index contributed by atoms with van der Waals surface area (Å²) in [7, 11) is 0. The maximum atomic E-state index is 13.2. The molecule has 1 amide bonds. The summed E-state index contributed by atoms with van der Waals surface area (Å²) in [5, 5.41) is 0. The standard InChI is InChI=1S/C28H30N2O2/c29-27(31)28(23-7-3-1-4-8-23,24-9-5-2-6-10-24)25-14-17-30(20-25)16-13-21-11-12-22-15-18-32-26(22)19-21/h1-12,19,25H,13-18,20H2,(H2,29,31)/t25-/m1/s1. The third-order valence-corrected chi connectivity index (χ3v) is 7.21. The predicted molar refractivity (Wildman–Crippen MR) is 127 cm³/mol. The van der Waals surface area contributed by atoms with Crippen LogP contribution in [0, 0.1) is 5.92 Å². The zero-order valence-electron chi connectivity index (χ0n) is 18.4. The normalized spacial score (nSPS) is 18.3. The lowest BCUT2D eigenvalue weighted by molar-refractivity contribution is -0.123. The van der Waals surface area contributed by atoms with E-state index in [1.807, 2.05) is 60.7 Å². The number of primary amides is 1. The Morgan fingerprint density at radius 3 is 2.34 bits per heavy atom. The molecule has 0 saturated carbocycles. The minimum Gasteiger partial charge on any atom is -0.493 e. The number of hydrogen-bond acceptors (Lipinski definition) is 3. The van der Waals surface area contributed by atoms with Crippen LogP contribution in [0.15, 0.2) is 78.9 Å². The summed E-state index contributed by atoms with van der Waals surface area (Å²) in [4.78, 5) is 15.7. The van der Waals surface area contributed by atoms with E-state index >= 15 is 0 Å². The van der Waals surface area contributed by atoms with Crippen molar-refractivity contribution in [1.29, 1.82) is 0 Å². The molecule has 1 atom stereocenters. The first kappa shape index (κ1) is 20.8. The molecule has 3 aromatic rings. The third kappa shape index (κ3) is 3.69. The second kappa shape index (κ2) is 8.79. The van der Waals surface area contributed by atoms with Gasteiger partial charge in [0.05, 0.1) is 6.61 Å². The maximum Gasteiger partial charge on any atom is 0.232 e. The second-order valence-electron chi connectivity index (χ2n) is 8.98. The first-order chi connectivity index (χ1) is 15.7. The Balaban J connectivity index is 1.38. The Morgan fingerprint density at radius 1 is 1.00 bits per heavy atom. The van der Waals surface area contributed by atoms with E-state index in [1.54, 1.807) is 0 Å². The number of ether oxygens (including phenoxy) is 1. The highest BCUT2D eigenvalue weighted by Gasteiger charge is 2.49. The third-order valence-electron chi connectivity index (χ3n) is 7.21. The minimum atomic E-state index is -0.821. The van der Waals surface area contributed by atoms with Crippen LogP contribution >= 0.6 is 0 Å². The van der Waals surface area contributed by atoms with Gasteiger partial charge in [0.2, 0.25) is 5.91 Å². The molecule has 0 aliphatic carbocycles. The summed E-state index contributed by atoms with van der Waals surface area (Å²) >= 11 is 0. The molecule has 2 aliphatic heterocycles. The van der Waals surface area contributed by atoms with E-state index in [9.17, 15) is 4.79 Å². The number of benzene rings is 3. The molecule has 0 unspecified atom stereocenters. The van der Waals surface area contributed by atoms with E-state index in [1.165, 1.54) is 11.1 Å². The number of nitrogens with two attached hydrogens (primary N) is 1. The smallest absolute Gasteiger partial charge is 0.232 e. The van der Waals surface area contributed by atoms with Crippen LogP contribution in [0.1, 0.15) is 28.7 Å². The Morgan fingerprint density at radius 2 is 1.69 bits per heavy atom. The second-order valence-corrected chi connectivity index (χ2v) is 8.98. The molecule has 3 aromatic carbocycles. The molecule has 0 bridgehead atoms. The van der Waals surface area contributed by atoms with Crippen molar-refractivity contribution >= 4 is 5.91 Å². The summed E-state index contributed by atoms with van der Waals surface area (Å²) in [6.07, 6.45) is 2.93. The minimum absolute atomic E-state index is 0.133. The van der Waals surface area contributed by atoms with Crippen molar-refractivity contribution in [2.45, 2.75) is 24.7 Å². The van der Waals surface area contributed by atoms with Gasteiger partial charge >= 0.3 is 0 Å². The zero-order chi connectivity index (χ0) is 22.0. The fourth-order valence-electron chi connectivity index (χ4n) is 5.57. The van der Waals surface area contributed by atoms with Crippen LogP contribution < -0.4 is 10.5 Å². The Hall–Kier alpha value is -3.11. The van der Waals surface area contributed by atoms with Crippen LogP contribution in [0.5, 0.6) is 5.75 Å². The SMILES string of the molecule is NC(=O)C(c1ccccc1)(c1ccccc1)[C@@H]1CCN(CCc2ccc3c(c2)OCC3)C1. The van der Waals surface area contributed by atoms with Gasteiger partial charge in [0.15, 0.2) is 0 Å². The van der Waals surface area contributed by atoms with E-state index in [4.69, 9.17) is 10.5 Å². The first-order valence-corrected chi connectivity index (χ1v) is 11.6. The van der Waals surface area contributed by atoms with E-state index < -0.39 is 5.41 Å².